The number of hydrogen-bond acceptors (Lipinski definition) is 4. The molecule has 0 saturated carbocycles. The van der Waals surface area contributed by atoms with E-state index in [2.05, 4.69) is 16.1 Å². The highest BCUT2D eigenvalue weighted by Gasteiger charge is 2.32. The van der Waals surface area contributed by atoms with Gasteiger partial charge in [-0.2, -0.15) is 0 Å². The molecule has 13 heavy (non-hydrogen) atoms. The molecule has 0 aromatic carbocycles. The van der Waals surface area contributed by atoms with Crippen LogP contribution in [0.15, 0.2) is 12.7 Å². The maximum atomic E-state index is 10.8. The molecule has 0 radical (unpaired) electrons. The molecule has 5 heteroatoms. The first-order valence-electron chi connectivity index (χ1n) is 3.67. The summed E-state index contributed by atoms with van der Waals surface area (Å²) in [6.45, 7) is 5.98. The van der Waals surface area contributed by atoms with E-state index in [0.29, 0.717) is 0 Å². The van der Waals surface area contributed by atoms with Gasteiger partial charge in [0, 0.05) is 19.4 Å². The third kappa shape index (κ3) is 4.52. The fraction of sp³-hybridized carbons (Fsp3) is 0.500. The van der Waals surface area contributed by atoms with Crippen LogP contribution < -0.4 is 0 Å². The summed E-state index contributed by atoms with van der Waals surface area (Å²) in [4.78, 5) is 21.3. The molecule has 0 aliphatic carbocycles. The number of alkyl halides is 1. The van der Waals surface area contributed by atoms with Crippen LogP contribution in [0.1, 0.15) is 20.3 Å². The van der Waals surface area contributed by atoms with Crippen molar-refractivity contribution < 1.29 is 19.1 Å². The average molecular weight is 207 g/mol. The minimum atomic E-state index is -1.71. The van der Waals surface area contributed by atoms with E-state index in [1.165, 1.54) is 6.92 Å². The number of carbonyl (C=O) groups excluding carboxylic acids is 2. The second-order valence-electron chi connectivity index (χ2n) is 2.23. The van der Waals surface area contributed by atoms with Gasteiger partial charge >= 0.3 is 17.2 Å². The molecule has 0 fully saturated rings. The first-order valence-corrected chi connectivity index (χ1v) is 4.05. The summed E-state index contributed by atoms with van der Waals surface area (Å²) in [7, 11) is 0. The first-order chi connectivity index (χ1) is 5.93. The van der Waals surface area contributed by atoms with Crippen LogP contribution in [0.25, 0.3) is 0 Å². The number of hydrogen-bond donors (Lipinski definition) is 0. The second kappa shape index (κ2) is 4.87. The summed E-state index contributed by atoms with van der Waals surface area (Å²) in [5.74, 6) is -1.35. The molecule has 0 aliphatic rings. The third-order valence-corrected chi connectivity index (χ3v) is 1.56. The number of rotatable bonds is 4. The second-order valence-corrected chi connectivity index (χ2v) is 2.81. The van der Waals surface area contributed by atoms with Crippen LogP contribution in [0.5, 0.6) is 0 Å². The normalized spacial score (nSPS) is 14.1. The van der Waals surface area contributed by atoms with Crippen molar-refractivity contribution in [2.75, 3.05) is 0 Å². The summed E-state index contributed by atoms with van der Waals surface area (Å²) < 4.78 is 9.21. The molecule has 0 amide bonds. The summed E-state index contributed by atoms with van der Waals surface area (Å²) in [5.41, 5.74) is 0. The number of esters is 2. The van der Waals surface area contributed by atoms with Crippen LogP contribution in [0, 0.1) is 0 Å². The third-order valence-electron chi connectivity index (χ3n) is 1.14. The van der Waals surface area contributed by atoms with Crippen molar-refractivity contribution in [1.29, 1.82) is 0 Å². The van der Waals surface area contributed by atoms with Crippen molar-refractivity contribution in [2.45, 2.75) is 25.5 Å². The van der Waals surface area contributed by atoms with Crippen molar-refractivity contribution in [3.05, 3.63) is 12.7 Å². The molecule has 0 bridgehead atoms. The summed E-state index contributed by atoms with van der Waals surface area (Å²) in [6.07, 6.45) is 1.10. The summed E-state index contributed by atoms with van der Waals surface area (Å²) in [5, 5.41) is -1.71. The Morgan fingerprint density at radius 1 is 1.54 bits per heavy atom. The van der Waals surface area contributed by atoms with Crippen LogP contribution in [0.2, 0.25) is 0 Å². The molecule has 1 atom stereocenters. The Balaban J connectivity index is 4.35. The maximum absolute atomic E-state index is 10.8. The van der Waals surface area contributed by atoms with Crippen molar-refractivity contribution in [3.63, 3.8) is 0 Å². The number of ether oxygens (including phenoxy) is 2. The smallest absolute Gasteiger partial charge is 0.337 e. The van der Waals surface area contributed by atoms with Gasteiger partial charge in [0.2, 0.25) is 0 Å². The molecule has 0 heterocycles. The van der Waals surface area contributed by atoms with Gasteiger partial charge in [-0.25, -0.2) is 4.79 Å². The van der Waals surface area contributed by atoms with Crippen molar-refractivity contribution >= 4 is 23.5 Å². The van der Waals surface area contributed by atoms with Gasteiger partial charge in [-0.05, 0) is 11.6 Å². The van der Waals surface area contributed by atoms with Gasteiger partial charge in [-0.1, -0.05) is 13.5 Å². The first kappa shape index (κ1) is 12.0. The molecular formula is C8H11ClO4. The lowest BCUT2D eigenvalue weighted by Gasteiger charge is -2.23. The van der Waals surface area contributed by atoms with Crippen molar-refractivity contribution in [2.24, 2.45) is 0 Å². The quantitative estimate of drug-likeness (QED) is 0.303. The van der Waals surface area contributed by atoms with E-state index in [1.54, 1.807) is 6.92 Å². The zero-order chi connectivity index (χ0) is 10.5. The molecule has 0 aromatic rings. The Bertz CT molecular complexity index is 226. The fourth-order valence-corrected chi connectivity index (χ4v) is 0.756. The zero-order valence-electron chi connectivity index (χ0n) is 7.50. The standard InChI is InChI=1S/C8H11ClO4/c1-4-7(11)13-8(9,5-2)12-6(3)10/h4H,1,5H2,2-3H3. The largest absolute Gasteiger partial charge is 0.408 e. The van der Waals surface area contributed by atoms with E-state index in [0.717, 1.165) is 6.08 Å². The van der Waals surface area contributed by atoms with Crippen LogP contribution in [-0.4, -0.2) is 17.2 Å². The van der Waals surface area contributed by atoms with Crippen LogP contribution in [0.4, 0.5) is 0 Å². The van der Waals surface area contributed by atoms with Gasteiger partial charge in [-0.15, -0.1) is 0 Å². The topological polar surface area (TPSA) is 52.6 Å². The predicted molar refractivity (Wildman–Crippen MR) is 46.9 cm³/mol. The van der Waals surface area contributed by atoms with E-state index >= 15 is 0 Å². The van der Waals surface area contributed by atoms with E-state index in [1.807, 2.05) is 0 Å². The van der Waals surface area contributed by atoms with E-state index in [4.69, 9.17) is 11.6 Å². The molecule has 0 saturated heterocycles. The summed E-state index contributed by atoms with van der Waals surface area (Å²) >= 11 is 5.66. The number of halogens is 1. The molecule has 0 aliphatic heterocycles. The molecule has 74 valence electrons. The molecule has 1 unspecified atom stereocenters. The van der Waals surface area contributed by atoms with Crippen molar-refractivity contribution in [1.82, 2.24) is 0 Å². The highest BCUT2D eigenvalue weighted by Crippen LogP contribution is 2.23. The molecule has 0 N–H and O–H groups in total. The minimum Gasteiger partial charge on any atom is -0.408 e. The lowest BCUT2D eigenvalue weighted by molar-refractivity contribution is -0.196. The van der Waals surface area contributed by atoms with Crippen molar-refractivity contribution in [3.8, 4) is 0 Å². The monoisotopic (exact) mass is 206 g/mol. The Kier molecular flexibility index (Phi) is 4.48. The Morgan fingerprint density at radius 3 is 2.38 bits per heavy atom. The van der Waals surface area contributed by atoms with E-state index < -0.39 is 17.2 Å². The molecule has 4 nitrogen and oxygen atoms in total. The Labute approximate surface area is 81.5 Å². The SMILES string of the molecule is C=CC(=O)OC(Cl)(CC)OC(C)=O. The predicted octanol–water partition coefficient (Wildman–Crippen LogP) is 1.58. The lowest BCUT2D eigenvalue weighted by atomic mass is 10.4. The molecule has 0 aromatic heterocycles. The fourth-order valence-electron chi connectivity index (χ4n) is 0.572. The Hall–Kier alpha value is -1.03. The molecule has 0 rings (SSSR count). The van der Waals surface area contributed by atoms with E-state index in [9.17, 15) is 9.59 Å². The highest BCUT2D eigenvalue weighted by molar-refractivity contribution is 6.23. The lowest BCUT2D eigenvalue weighted by Crippen LogP contribution is -2.32. The van der Waals surface area contributed by atoms with Gasteiger partial charge < -0.3 is 9.47 Å². The van der Waals surface area contributed by atoms with Crippen LogP contribution >= 0.6 is 11.6 Å². The number of carbonyl (C=O) groups is 2. The molecular weight excluding hydrogens is 196 g/mol. The van der Waals surface area contributed by atoms with Gasteiger partial charge in [0.05, 0.1) is 0 Å². The van der Waals surface area contributed by atoms with Crippen LogP contribution in [-0.2, 0) is 19.1 Å². The summed E-state index contributed by atoms with van der Waals surface area (Å²) in [6, 6.07) is 0. The van der Waals surface area contributed by atoms with Gasteiger partial charge in [0.1, 0.15) is 0 Å². The highest BCUT2D eigenvalue weighted by atomic mass is 35.5. The van der Waals surface area contributed by atoms with Gasteiger partial charge in [0.25, 0.3) is 0 Å². The zero-order valence-corrected chi connectivity index (χ0v) is 8.26. The Morgan fingerprint density at radius 2 is 2.08 bits per heavy atom. The van der Waals surface area contributed by atoms with E-state index in [-0.39, 0.29) is 6.42 Å². The van der Waals surface area contributed by atoms with Crippen LogP contribution in [0.3, 0.4) is 0 Å². The average Bonchev–Trinajstić information content (AvgIpc) is 2.02. The maximum Gasteiger partial charge on any atom is 0.337 e. The minimum absolute atomic E-state index is 0.160. The van der Waals surface area contributed by atoms with Gasteiger partial charge in [-0.3, -0.25) is 4.79 Å². The van der Waals surface area contributed by atoms with Gasteiger partial charge in [0.15, 0.2) is 0 Å². The molecule has 0 spiro atoms.